The lowest BCUT2D eigenvalue weighted by molar-refractivity contribution is 0.202. The lowest BCUT2D eigenvalue weighted by atomic mass is 9.91. The maximum Gasteiger partial charge on any atom is 0.123 e. The van der Waals surface area contributed by atoms with Gasteiger partial charge in [0, 0.05) is 39.4 Å². The molecule has 1 aliphatic carbocycles. The highest BCUT2D eigenvalue weighted by molar-refractivity contribution is 5.89. The number of rotatable bonds is 4. The second kappa shape index (κ2) is 8.00. The summed E-state index contributed by atoms with van der Waals surface area (Å²) in [6, 6.07) is 11.2. The van der Waals surface area contributed by atoms with Crippen molar-refractivity contribution in [3.8, 4) is 0 Å². The zero-order valence-corrected chi connectivity index (χ0v) is 18.4. The van der Waals surface area contributed by atoms with Crippen LogP contribution in [0.1, 0.15) is 36.0 Å². The molecule has 30 heavy (non-hydrogen) atoms. The summed E-state index contributed by atoms with van der Waals surface area (Å²) in [7, 11) is 6.59. The monoisotopic (exact) mass is 404 g/mol. The molecule has 1 saturated heterocycles. The summed E-state index contributed by atoms with van der Waals surface area (Å²) in [6.45, 7) is 5.19. The Morgan fingerprint density at radius 1 is 1.07 bits per heavy atom. The molecule has 3 heterocycles. The van der Waals surface area contributed by atoms with Gasteiger partial charge in [0.1, 0.15) is 5.82 Å². The molecule has 0 saturated carbocycles. The largest absolute Gasteiger partial charge is 0.367 e. The van der Waals surface area contributed by atoms with E-state index in [2.05, 4.69) is 70.7 Å². The number of aromatic nitrogens is 3. The number of piperazine rings is 1. The number of fused-ring (bicyclic) bond motifs is 2. The van der Waals surface area contributed by atoms with Crippen LogP contribution in [0.15, 0.2) is 36.5 Å². The van der Waals surface area contributed by atoms with Crippen molar-refractivity contribution < 1.29 is 0 Å². The molecule has 0 radical (unpaired) electrons. The predicted molar refractivity (Wildman–Crippen MR) is 122 cm³/mol. The van der Waals surface area contributed by atoms with Crippen molar-refractivity contribution in [1.29, 1.82) is 0 Å². The fourth-order valence-corrected chi connectivity index (χ4v) is 5.09. The molecule has 5 rings (SSSR count). The number of likely N-dealkylation sites (N-methyl/N-ethyl adjacent to an activating group) is 1. The van der Waals surface area contributed by atoms with Crippen molar-refractivity contribution in [2.45, 2.75) is 31.8 Å². The number of imidazole rings is 1. The SMILES string of the molecule is CN1CCN(c2cccc3nc(CN(C)[C@@H]4CCCc5cccnc54)n(C)c23)CC1. The molecule has 3 aromatic rings. The zero-order valence-electron chi connectivity index (χ0n) is 18.4. The first-order valence-electron chi connectivity index (χ1n) is 11.1. The van der Waals surface area contributed by atoms with Crippen LogP contribution >= 0.6 is 0 Å². The molecule has 158 valence electrons. The molecule has 2 aromatic heterocycles. The average Bonchev–Trinajstić information content (AvgIpc) is 3.09. The van der Waals surface area contributed by atoms with E-state index in [0.717, 1.165) is 56.9 Å². The minimum atomic E-state index is 0.367. The van der Waals surface area contributed by atoms with Crippen LogP contribution in [-0.4, -0.2) is 64.6 Å². The second-order valence-electron chi connectivity index (χ2n) is 8.89. The van der Waals surface area contributed by atoms with E-state index in [4.69, 9.17) is 9.97 Å². The van der Waals surface area contributed by atoms with Crippen molar-refractivity contribution >= 4 is 16.7 Å². The van der Waals surface area contributed by atoms with Gasteiger partial charge in [0.25, 0.3) is 0 Å². The Kier molecular flexibility index (Phi) is 5.21. The van der Waals surface area contributed by atoms with Gasteiger partial charge in [-0.15, -0.1) is 0 Å². The van der Waals surface area contributed by atoms with Crippen molar-refractivity contribution in [3.05, 3.63) is 53.6 Å². The van der Waals surface area contributed by atoms with Gasteiger partial charge in [-0.2, -0.15) is 0 Å². The first kappa shape index (κ1) is 19.5. The van der Waals surface area contributed by atoms with Crippen LogP contribution in [0.3, 0.4) is 0 Å². The van der Waals surface area contributed by atoms with E-state index in [1.165, 1.54) is 28.9 Å². The van der Waals surface area contributed by atoms with E-state index in [9.17, 15) is 0 Å². The first-order chi connectivity index (χ1) is 14.6. The summed E-state index contributed by atoms with van der Waals surface area (Å²) in [5, 5.41) is 0. The van der Waals surface area contributed by atoms with E-state index in [-0.39, 0.29) is 0 Å². The number of aryl methyl sites for hydroxylation is 2. The quantitative estimate of drug-likeness (QED) is 0.668. The van der Waals surface area contributed by atoms with Crippen LogP contribution in [0.4, 0.5) is 5.69 Å². The standard InChI is InChI=1S/C24H32N6/c1-27-13-15-30(16-14-27)21-11-5-9-19-24(21)29(3)22(26-19)17-28(2)20-10-4-7-18-8-6-12-25-23(18)20/h5-6,8-9,11-12,20H,4,7,10,13-17H2,1-3H3/t20-/m1/s1. The summed E-state index contributed by atoms with van der Waals surface area (Å²) >= 11 is 0. The van der Waals surface area contributed by atoms with Crippen LogP contribution in [-0.2, 0) is 20.0 Å². The van der Waals surface area contributed by atoms with Gasteiger partial charge in [-0.25, -0.2) is 4.98 Å². The van der Waals surface area contributed by atoms with Gasteiger partial charge in [-0.1, -0.05) is 12.1 Å². The third-order valence-electron chi connectivity index (χ3n) is 6.90. The van der Waals surface area contributed by atoms with Gasteiger partial charge < -0.3 is 14.4 Å². The molecule has 0 spiro atoms. The van der Waals surface area contributed by atoms with Gasteiger partial charge in [0.2, 0.25) is 0 Å². The van der Waals surface area contributed by atoms with Crippen molar-refractivity contribution in [3.63, 3.8) is 0 Å². The van der Waals surface area contributed by atoms with E-state index in [0.29, 0.717) is 6.04 Å². The summed E-state index contributed by atoms with van der Waals surface area (Å²) < 4.78 is 2.31. The molecular formula is C24H32N6. The summed E-state index contributed by atoms with van der Waals surface area (Å²) in [4.78, 5) is 17.1. The average molecular weight is 405 g/mol. The van der Waals surface area contributed by atoms with Crippen LogP contribution in [0.2, 0.25) is 0 Å². The normalized spacial score (nSPS) is 20.1. The van der Waals surface area contributed by atoms with Crippen LogP contribution in [0, 0.1) is 0 Å². The molecule has 0 unspecified atom stereocenters. The van der Waals surface area contributed by atoms with Crippen LogP contribution < -0.4 is 4.90 Å². The zero-order chi connectivity index (χ0) is 20.7. The summed E-state index contributed by atoms with van der Waals surface area (Å²) in [5.74, 6) is 1.12. The third kappa shape index (κ3) is 3.48. The molecule has 0 N–H and O–H groups in total. The lowest BCUT2D eigenvalue weighted by Crippen LogP contribution is -2.44. The molecule has 1 atom stereocenters. The van der Waals surface area contributed by atoms with Gasteiger partial charge in [-0.05, 0) is 57.1 Å². The van der Waals surface area contributed by atoms with Crippen molar-refractivity contribution in [2.24, 2.45) is 7.05 Å². The highest BCUT2D eigenvalue weighted by atomic mass is 15.3. The summed E-state index contributed by atoms with van der Waals surface area (Å²) in [6.07, 6.45) is 5.47. The van der Waals surface area contributed by atoms with Gasteiger partial charge in [0.15, 0.2) is 0 Å². The molecule has 0 amide bonds. The van der Waals surface area contributed by atoms with Gasteiger partial charge in [0.05, 0.1) is 35.0 Å². The molecule has 0 bridgehead atoms. The van der Waals surface area contributed by atoms with Gasteiger partial charge in [-0.3, -0.25) is 9.88 Å². The smallest absolute Gasteiger partial charge is 0.123 e. The number of para-hydroxylation sites is 1. The Hall–Kier alpha value is -2.44. The predicted octanol–water partition coefficient (Wildman–Crippen LogP) is 3.23. The first-order valence-corrected chi connectivity index (χ1v) is 11.1. The van der Waals surface area contributed by atoms with Crippen molar-refractivity contribution in [1.82, 2.24) is 24.3 Å². The van der Waals surface area contributed by atoms with E-state index in [1.807, 2.05) is 6.20 Å². The minimum absolute atomic E-state index is 0.367. The lowest BCUT2D eigenvalue weighted by Gasteiger charge is -2.34. The van der Waals surface area contributed by atoms with E-state index in [1.54, 1.807) is 0 Å². The number of anilines is 1. The van der Waals surface area contributed by atoms with E-state index < -0.39 is 0 Å². The minimum Gasteiger partial charge on any atom is -0.367 e. The molecule has 1 aromatic carbocycles. The highest BCUT2D eigenvalue weighted by Crippen LogP contribution is 2.34. The Morgan fingerprint density at radius 3 is 2.73 bits per heavy atom. The summed E-state index contributed by atoms with van der Waals surface area (Å²) in [5.41, 5.74) is 6.33. The highest BCUT2D eigenvalue weighted by Gasteiger charge is 2.26. The maximum absolute atomic E-state index is 5.04. The third-order valence-corrected chi connectivity index (χ3v) is 6.90. The Balaban J connectivity index is 1.43. The fraction of sp³-hybridized carbons (Fsp3) is 0.500. The topological polar surface area (TPSA) is 40.4 Å². The second-order valence-corrected chi connectivity index (χ2v) is 8.89. The molecule has 6 nitrogen and oxygen atoms in total. The number of hydrogen-bond acceptors (Lipinski definition) is 5. The molecule has 1 fully saturated rings. The Morgan fingerprint density at radius 2 is 1.90 bits per heavy atom. The molecular weight excluding hydrogens is 372 g/mol. The fourth-order valence-electron chi connectivity index (χ4n) is 5.09. The maximum atomic E-state index is 5.04. The van der Waals surface area contributed by atoms with Crippen molar-refractivity contribution in [2.75, 3.05) is 45.2 Å². The van der Waals surface area contributed by atoms with Gasteiger partial charge >= 0.3 is 0 Å². The molecule has 1 aliphatic heterocycles. The van der Waals surface area contributed by atoms with E-state index >= 15 is 0 Å². The number of pyridine rings is 1. The van der Waals surface area contributed by atoms with Crippen LogP contribution in [0.25, 0.3) is 11.0 Å². The Labute approximate surface area is 179 Å². The van der Waals surface area contributed by atoms with Crippen LogP contribution in [0.5, 0.6) is 0 Å². The molecule has 6 heteroatoms. The number of benzene rings is 1. The molecule has 2 aliphatic rings. The Bertz CT molecular complexity index is 1030. The number of nitrogens with zero attached hydrogens (tertiary/aromatic N) is 6. The number of hydrogen-bond donors (Lipinski definition) is 0.